The highest BCUT2D eigenvalue weighted by molar-refractivity contribution is 6.31. The Bertz CT molecular complexity index is 1020. The van der Waals surface area contributed by atoms with Gasteiger partial charge in [0.05, 0.1) is 5.56 Å². The standard InChI is InChI=1S/C25H24ClNO3/c26-18-13-14-23(28)22(15-18)25(29)27-19-9-6-10-20(16-19)30-24-12-5-4-11-21(24)17-7-2-1-3-8-17/h1-3,6-10,13-16,21,24,28H,4-5,11-12H2,(H,27,29)/t21-,24-/m1/s1. The van der Waals surface area contributed by atoms with Crippen LogP contribution in [0.2, 0.25) is 5.02 Å². The van der Waals surface area contributed by atoms with Crippen LogP contribution in [-0.4, -0.2) is 17.1 Å². The van der Waals surface area contributed by atoms with E-state index in [4.69, 9.17) is 16.3 Å². The maximum atomic E-state index is 12.6. The first-order valence-corrected chi connectivity index (χ1v) is 10.6. The molecule has 0 unspecified atom stereocenters. The van der Waals surface area contributed by atoms with Crippen LogP contribution in [0.1, 0.15) is 47.5 Å². The van der Waals surface area contributed by atoms with E-state index in [0.717, 1.165) is 25.0 Å². The van der Waals surface area contributed by atoms with E-state index >= 15 is 0 Å². The Morgan fingerprint density at radius 2 is 1.77 bits per heavy atom. The van der Waals surface area contributed by atoms with E-state index in [1.165, 1.54) is 30.2 Å². The van der Waals surface area contributed by atoms with Crippen molar-refractivity contribution in [3.8, 4) is 11.5 Å². The van der Waals surface area contributed by atoms with Gasteiger partial charge in [0.1, 0.15) is 17.6 Å². The molecule has 1 amide bonds. The first kappa shape index (κ1) is 20.3. The fraction of sp³-hybridized carbons (Fsp3) is 0.240. The maximum Gasteiger partial charge on any atom is 0.259 e. The van der Waals surface area contributed by atoms with Crippen molar-refractivity contribution in [3.05, 3.63) is 88.9 Å². The molecule has 2 atom stereocenters. The fourth-order valence-corrected chi connectivity index (χ4v) is 4.20. The molecule has 1 fully saturated rings. The lowest BCUT2D eigenvalue weighted by atomic mass is 9.81. The number of ether oxygens (including phenoxy) is 1. The van der Waals surface area contributed by atoms with Crippen LogP contribution >= 0.6 is 11.6 Å². The zero-order valence-corrected chi connectivity index (χ0v) is 17.3. The molecule has 30 heavy (non-hydrogen) atoms. The molecule has 4 rings (SSSR count). The molecule has 0 saturated heterocycles. The normalized spacial score (nSPS) is 18.6. The molecular weight excluding hydrogens is 398 g/mol. The molecule has 1 saturated carbocycles. The number of carbonyl (C=O) groups excluding carboxylic acids is 1. The summed E-state index contributed by atoms with van der Waals surface area (Å²) in [6.45, 7) is 0. The minimum Gasteiger partial charge on any atom is -0.507 e. The van der Waals surface area contributed by atoms with Crippen molar-refractivity contribution in [2.24, 2.45) is 0 Å². The number of halogens is 1. The number of aromatic hydroxyl groups is 1. The van der Waals surface area contributed by atoms with Gasteiger partial charge in [-0.05, 0) is 55.2 Å². The Kier molecular flexibility index (Phi) is 6.24. The van der Waals surface area contributed by atoms with E-state index < -0.39 is 5.91 Å². The highest BCUT2D eigenvalue weighted by atomic mass is 35.5. The van der Waals surface area contributed by atoms with Crippen LogP contribution in [0.25, 0.3) is 0 Å². The lowest BCUT2D eigenvalue weighted by Gasteiger charge is -2.32. The number of amides is 1. The third-order valence-corrected chi connectivity index (χ3v) is 5.75. The van der Waals surface area contributed by atoms with Gasteiger partial charge in [0.15, 0.2) is 0 Å². The molecule has 0 radical (unpaired) electrons. The van der Waals surface area contributed by atoms with Gasteiger partial charge in [-0.25, -0.2) is 0 Å². The van der Waals surface area contributed by atoms with Crippen LogP contribution in [-0.2, 0) is 0 Å². The number of benzene rings is 3. The zero-order valence-electron chi connectivity index (χ0n) is 16.6. The van der Waals surface area contributed by atoms with Gasteiger partial charge < -0.3 is 15.2 Å². The third-order valence-electron chi connectivity index (χ3n) is 5.51. The summed E-state index contributed by atoms with van der Waals surface area (Å²) in [7, 11) is 0. The van der Waals surface area contributed by atoms with Gasteiger partial charge in [0.2, 0.25) is 0 Å². The Hall–Kier alpha value is -2.98. The number of phenolic OH excluding ortho intramolecular Hbond substituents is 1. The largest absolute Gasteiger partial charge is 0.507 e. The van der Waals surface area contributed by atoms with Crippen LogP contribution in [0, 0.1) is 0 Å². The van der Waals surface area contributed by atoms with E-state index in [1.54, 1.807) is 6.07 Å². The molecule has 4 nitrogen and oxygen atoms in total. The van der Waals surface area contributed by atoms with Crippen LogP contribution in [0.4, 0.5) is 5.69 Å². The quantitative estimate of drug-likeness (QED) is 0.500. The summed E-state index contributed by atoms with van der Waals surface area (Å²) >= 11 is 5.95. The third kappa shape index (κ3) is 4.77. The molecule has 1 aliphatic rings. The molecule has 3 aromatic carbocycles. The monoisotopic (exact) mass is 421 g/mol. The Morgan fingerprint density at radius 3 is 2.60 bits per heavy atom. The number of hydrogen-bond acceptors (Lipinski definition) is 3. The van der Waals surface area contributed by atoms with E-state index in [1.807, 2.05) is 24.3 Å². The smallest absolute Gasteiger partial charge is 0.259 e. The second-order valence-electron chi connectivity index (χ2n) is 7.60. The number of phenols is 1. The van der Waals surface area contributed by atoms with E-state index in [9.17, 15) is 9.90 Å². The van der Waals surface area contributed by atoms with Crippen LogP contribution < -0.4 is 10.1 Å². The number of anilines is 1. The minimum atomic E-state index is -0.424. The molecule has 5 heteroatoms. The Morgan fingerprint density at radius 1 is 0.967 bits per heavy atom. The van der Waals surface area contributed by atoms with Crippen molar-refractivity contribution >= 4 is 23.2 Å². The summed E-state index contributed by atoms with van der Waals surface area (Å²) in [6.07, 6.45) is 4.58. The average Bonchev–Trinajstić information content (AvgIpc) is 2.76. The van der Waals surface area contributed by atoms with Crippen molar-refractivity contribution in [2.45, 2.75) is 37.7 Å². The number of nitrogens with one attached hydrogen (secondary N) is 1. The molecule has 0 aliphatic heterocycles. The van der Waals surface area contributed by atoms with Crippen molar-refractivity contribution < 1.29 is 14.6 Å². The highest BCUT2D eigenvalue weighted by Crippen LogP contribution is 2.36. The Balaban J connectivity index is 1.49. The van der Waals surface area contributed by atoms with E-state index in [0.29, 0.717) is 16.6 Å². The molecule has 0 heterocycles. The van der Waals surface area contributed by atoms with Gasteiger partial charge in [-0.1, -0.05) is 54.4 Å². The van der Waals surface area contributed by atoms with Crippen LogP contribution in [0.15, 0.2) is 72.8 Å². The summed E-state index contributed by atoms with van der Waals surface area (Å²) in [5.41, 5.74) is 2.04. The van der Waals surface area contributed by atoms with E-state index in [-0.39, 0.29) is 17.4 Å². The summed E-state index contributed by atoms with van der Waals surface area (Å²) in [5.74, 6) is 0.543. The zero-order chi connectivity index (χ0) is 20.9. The van der Waals surface area contributed by atoms with Crippen molar-refractivity contribution in [2.75, 3.05) is 5.32 Å². The molecule has 2 N–H and O–H groups in total. The van der Waals surface area contributed by atoms with Crippen molar-refractivity contribution in [1.29, 1.82) is 0 Å². The Labute approximate surface area is 181 Å². The maximum absolute atomic E-state index is 12.6. The van der Waals surface area contributed by atoms with Gasteiger partial charge in [-0.15, -0.1) is 0 Å². The van der Waals surface area contributed by atoms with Gasteiger partial charge in [-0.3, -0.25) is 4.79 Å². The van der Waals surface area contributed by atoms with E-state index in [2.05, 4.69) is 29.6 Å². The molecule has 154 valence electrons. The SMILES string of the molecule is O=C(Nc1cccc(O[C@@H]2CCCC[C@@H]2c2ccccc2)c1)c1cc(Cl)ccc1O. The summed E-state index contributed by atoms with van der Waals surface area (Å²) in [5, 5.41) is 13.1. The average molecular weight is 422 g/mol. The molecule has 3 aromatic rings. The molecule has 0 spiro atoms. The minimum absolute atomic E-state index is 0.101. The summed E-state index contributed by atoms with van der Waals surface area (Å²) in [6, 6.07) is 22.3. The van der Waals surface area contributed by atoms with Gasteiger partial charge >= 0.3 is 0 Å². The second kappa shape index (κ2) is 9.23. The summed E-state index contributed by atoms with van der Waals surface area (Å²) in [4.78, 5) is 12.6. The first-order chi connectivity index (χ1) is 14.6. The second-order valence-corrected chi connectivity index (χ2v) is 8.04. The van der Waals surface area contributed by atoms with Crippen LogP contribution in [0.3, 0.4) is 0 Å². The van der Waals surface area contributed by atoms with Gasteiger partial charge in [-0.2, -0.15) is 0 Å². The molecule has 0 bridgehead atoms. The predicted molar refractivity (Wildman–Crippen MR) is 120 cm³/mol. The topological polar surface area (TPSA) is 58.6 Å². The lowest BCUT2D eigenvalue weighted by Crippen LogP contribution is -2.28. The number of carbonyl (C=O) groups is 1. The highest BCUT2D eigenvalue weighted by Gasteiger charge is 2.28. The van der Waals surface area contributed by atoms with Gasteiger partial charge in [0, 0.05) is 22.7 Å². The predicted octanol–water partition coefficient (Wildman–Crippen LogP) is 6.40. The van der Waals surface area contributed by atoms with Crippen LogP contribution in [0.5, 0.6) is 11.5 Å². The number of hydrogen-bond donors (Lipinski definition) is 2. The molecule has 1 aliphatic carbocycles. The van der Waals surface area contributed by atoms with Crippen molar-refractivity contribution in [3.63, 3.8) is 0 Å². The lowest BCUT2D eigenvalue weighted by molar-refractivity contribution is 0.102. The first-order valence-electron chi connectivity index (χ1n) is 10.2. The van der Waals surface area contributed by atoms with Gasteiger partial charge in [0.25, 0.3) is 5.91 Å². The molecular formula is C25H24ClNO3. The van der Waals surface area contributed by atoms with Crippen molar-refractivity contribution in [1.82, 2.24) is 0 Å². The summed E-state index contributed by atoms with van der Waals surface area (Å²) < 4.78 is 6.37. The number of rotatable bonds is 5. The fourth-order valence-electron chi connectivity index (χ4n) is 4.03. The molecule has 0 aromatic heterocycles.